The van der Waals surface area contributed by atoms with Crippen LogP contribution in [0.4, 0.5) is 0 Å². The molecule has 4 aromatic carbocycles. The van der Waals surface area contributed by atoms with Gasteiger partial charge in [0.15, 0.2) is 29.9 Å². The Morgan fingerprint density at radius 1 is 0.945 bits per heavy atom. The normalized spacial score (nSPS) is 33.2. The molecule has 14 N–H and O–H groups in total. The topological polar surface area (TPSA) is 358 Å². The second-order valence-electron chi connectivity index (χ2n) is 26.8. The molecule has 0 aromatic heterocycles. The maximum Gasteiger partial charge on any atom is 0.308 e. The molecule has 4 aromatic rings. The standard InChI is InChI=1S/C70H79N5O16/c1-33-64(83)70(85,86)65(87-19-18-75-67(72)73)66(88-33)91-63-46-9-5-8-42(71)13-14-43(79)22-36-7-4-6-35(20-36)10-16-45-51(89-34(2)78)25-41(31-76)53-54(45)62(82)55(46)56(61(53)81)60(80)49(63)23-38-12-17-47-58-48-24-39-11-15-44-28-68(58,29-52(39)90-44)27-40-21-37(30-74-3)26-69(84,57(40)48)59(47)50(38)32-77/h4,6-7,10-12,15-17,20,25,32-33,37,39-40,42-44,48,52,57-58,64-66,74,76,79-80,83-86H,9,13-14,18-19,21-24,26-31,71H2,1-3H3,(H4,72,73,75)/b16-10+/t33-,37-,39+,40+,42-,43+,44-,48-,52-,57+,58+,64+,65-,66+,68+,69-/m0/s1. The number of aliphatic hydroxyl groups excluding tert-OH is 3. The van der Waals surface area contributed by atoms with Gasteiger partial charge in [-0.3, -0.25) is 24.2 Å². The van der Waals surface area contributed by atoms with Gasteiger partial charge in [0.05, 0.1) is 61.4 Å². The fourth-order valence-electron chi connectivity index (χ4n) is 17.9. The minimum atomic E-state index is -3.13. The lowest BCUT2D eigenvalue weighted by Gasteiger charge is -2.65. The van der Waals surface area contributed by atoms with Crippen molar-refractivity contribution >= 4 is 41.9 Å². The van der Waals surface area contributed by atoms with Crippen LogP contribution in [0.1, 0.15) is 163 Å². The van der Waals surface area contributed by atoms with Gasteiger partial charge in [0.2, 0.25) is 12.1 Å². The first kappa shape index (κ1) is 62.6. The Labute approximate surface area is 526 Å². The number of guanidine groups is 1. The van der Waals surface area contributed by atoms with Crippen LogP contribution in [0, 0.1) is 46.8 Å². The van der Waals surface area contributed by atoms with Crippen molar-refractivity contribution in [2.24, 2.45) is 57.2 Å². The van der Waals surface area contributed by atoms with Gasteiger partial charge in [-0.25, -0.2) is 0 Å². The van der Waals surface area contributed by atoms with E-state index in [1.165, 1.54) is 19.1 Å². The monoisotopic (exact) mass is 1250 g/mol. The minimum Gasteiger partial charge on any atom is -0.507 e. The molecule has 10 bridgehead atoms. The van der Waals surface area contributed by atoms with Crippen molar-refractivity contribution in [1.29, 1.82) is 0 Å². The number of phenolic OH excluding ortho intramolecular Hbond substituents is 1. The summed E-state index contributed by atoms with van der Waals surface area (Å²) in [5.74, 6) is -1.16. The van der Waals surface area contributed by atoms with Crippen molar-refractivity contribution < 1.29 is 78.6 Å². The number of hydrogen-bond donors (Lipinski definition) is 11. The number of fused-ring (bicyclic) bond motifs is 5. The van der Waals surface area contributed by atoms with Gasteiger partial charge in [-0.2, -0.15) is 0 Å². The summed E-state index contributed by atoms with van der Waals surface area (Å²) in [4.78, 5) is 63.8. The Kier molecular flexibility index (Phi) is 16.6. The number of aldehydes is 1. The Morgan fingerprint density at radius 3 is 2.51 bits per heavy atom. The first-order chi connectivity index (χ1) is 43.6. The predicted octanol–water partition coefficient (Wildman–Crippen LogP) is 3.84. The molecule has 16 atom stereocenters. The fourth-order valence-corrected chi connectivity index (χ4v) is 17.9. The molecule has 6 aliphatic carbocycles. The van der Waals surface area contributed by atoms with Gasteiger partial charge in [-0.1, -0.05) is 66.5 Å². The summed E-state index contributed by atoms with van der Waals surface area (Å²) in [5, 5.41) is 88.5. The Balaban J connectivity index is 1.06. The SMILES string of the molecule is CNC[C@H]1C[C@@H]2C[C@@]34C[C@@H]5O[C@@H](C=C[C@@H]5C[C@H]5[C@@H]2[C@@](O)(C1)c1c(ccc(Cc2c(O)c6c7c(c2O[C@H]2O[C@@H](C)[C@@H](O)C(O)(O)[C@H]2OCCN=C(N)N)CC#C[C@H](N)CC[C@@H](O)Cc2cccc(c2)/C=C/c2c(OC(C)=O)cc(CO)c(c2C7=O)C6=O)c1C=O)[C@H]53)C4. The summed E-state index contributed by atoms with van der Waals surface area (Å²) in [5.41, 5.74) is 17.4. The van der Waals surface area contributed by atoms with Gasteiger partial charge in [0.1, 0.15) is 23.4 Å². The van der Waals surface area contributed by atoms with E-state index in [4.69, 9.17) is 40.9 Å². The number of hydrogen-bond acceptors (Lipinski definition) is 19. The molecule has 13 rings (SSSR count). The first-order valence-electron chi connectivity index (χ1n) is 31.7. The van der Waals surface area contributed by atoms with Gasteiger partial charge in [0, 0.05) is 64.6 Å². The largest absolute Gasteiger partial charge is 0.507 e. The molecular formula is C70H79N5O16. The van der Waals surface area contributed by atoms with E-state index in [-0.39, 0.29) is 135 Å². The van der Waals surface area contributed by atoms with Crippen LogP contribution >= 0.6 is 0 Å². The zero-order valence-electron chi connectivity index (χ0n) is 51.1. The Bertz CT molecular complexity index is 3810. The number of rotatable bonds is 13. The molecule has 21 heteroatoms. The molecule has 0 unspecified atom stereocenters. The van der Waals surface area contributed by atoms with Gasteiger partial charge in [-0.05, 0) is 159 Å². The highest BCUT2D eigenvalue weighted by molar-refractivity contribution is 6.32. The maximum atomic E-state index is 16.3. The van der Waals surface area contributed by atoms with Crippen molar-refractivity contribution in [3.05, 3.63) is 133 Å². The average Bonchev–Trinajstić information content (AvgIpc) is 1.66. The van der Waals surface area contributed by atoms with E-state index in [0.717, 1.165) is 56.4 Å². The molecule has 480 valence electrons. The quantitative estimate of drug-likeness (QED) is 0.00918. The summed E-state index contributed by atoms with van der Waals surface area (Å²) in [6.45, 7) is 1.70. The molecule has 1 spiro atoms. The third kappa shape index (κ3) is 10.7. The smallest absolute Gasteiger partial charge is 0.308 e. The number of nitrogens with two attached hydrogens (primary N) is 3. The van der Waals surface area contributed by atoms with E-state index in [2.05, 4.69) is 34.3 Å². The number of carbonyl (C=O) groups is 4. The Morgan fingerprint density at radius 2 is 1.75 bits per heavy atom. The van der Waals surface area contributed by atoms with Crippen LogP contribution in [0.2, 0.25) is 0 Å². The summed E-state index contributed by atoms with van der Waals surface area (Å²) < 4.78 is 31.8. The van der Waals surface area contributed by atoms with Gasteiger partial charge in [-0.15, -0.1) is 0 Å². The number of nitrogens with zero attached hydrogens (tertiary/aromatic N) is 1. The van der Waals surface area contributed by atoms with E-state index in [9.17, 15) is 45.3 Å². The lowest BCUT2D eigenvalue weighted by atomic mass is 9.40. The van der Waals surface area contributed by atoms with Crippen molar-refractivity contribution in [2.75, 3.05) is 26.7 Å². The van der Waals surface area contributed by atoms with Crippen LogP contribution in [0.3, 0.4) is 0 Å². The average molecular weight is 1250 g/mol. The molecule has 3 aliphatic heterocycles. The number of aromatic hydroxyl groups is 1. The summed E-state index contributed by atoms with van der Waals surface area (Å²) in [7, 11) is 1.90. The summed E-state index contributed by atoms with van der Waals surface area (Å²) in [6, 6.07) is 11.5. The lowest BCUT2D eigenvalue weighted by molar-refractivity contribution is -0.378. The third-order valence-electron chi connectivity index (χ3n) is 21.2. The number of esters is 1. The van der Waals surface area contributed by atoms with Gasteiger partial charge >= 0.3 is 5.97 Å². The highest BCUT2D eigenvalue weighted by Gasteiger charge is 2.69. The number of carbonyl (C=O) groups excluding carboxylic acids is 4. The number of aliphatic hydroxyl groups is 6. The minimum absolute atomic E-state index is 0.0168. The van der Waals surface area contributed by atoms with Crippen molar-refractivity contribution in [3.8, 4) is 29.1 Å². The highest BCUT2D eigenvalue weighted by Crippen LogP contribution is 2.74. The number of benzene rings is 4. The van der Waals surface area contributed by atoms with Crippen LogP contribution in [0.25, 0.3) is 12.2 Å². The number of ketones is 2. The zero-order valence-corrected chi connectivity index (χ0v) is 51.1. The molecule has 5 fully saturated rings. The number of phenols is 1. The molecule has 21 nitrogen and oxygen atoms in total. The summed E-state index contributed by atoms with van der Waals surface area (Å²) >= 11 is 0. The molecule has 2 saturated heterocycles. The van der Waals surface area contributed by atoms with E-state index in [0.29, 0.717) is 29.7 Å². The van der Waals surface area contributed by atoms with Crippen LogP contribution in [0.15, 0.2) is 59.6 Å². The molecule has 9 aliphatic rings. The van der Waals surface area contributed by atoms with Crippen molar-refractivity contribution in [3.63, 3.8) is 0 Å². The van der Waals surface area contributed by atoms with Crippen LogP contribution in [0.5, 0.6) is 17.2 Å². The second kappa shape index (κ2) is 24.1. The van der Waals surface area contributed by atoms with Gasteiger partial charge in [0.25, 0.3) is 0 Å². The molecule has 3 saturated carbocycles. The van der Waals surface area contributed by atoms with E-state index >= 15 is 9.59 Å². The lowest BCUT2D eigenvalue weighted by Crippen LogP contribution is -2.67. The summed E-state index contributed by atoms with van der Waals surface area (Å²) in [6.07, 6.45) is 4.57. The Hall–Kier alpha value is -7.17. The highest BCUT2D eigenvalue weighted by atomic mass is 16.7. The van der Waals surface area contributed by atoms with E-state index in [1.54, 1.807) is 24.3 Å². The fraction of sp³-hybridized carbons (Fsp3) is 0.500. The van der Waals surface area contributed by atoms with E-state index in [1.807, 2.05) is 25.2 Å². The van der Waals surface area contributed by atoms with Crippen LogP contribution < -0.4 is 32.0 Å². The molecule has 0 radical (unpaired) electrons. The van der Waals surface area contributed by atoms with Gasteiger partial charge < -0.3 is 81.9 Å². The molecular weight excluding hydrogens is 1170 g/mol. The molecule has 3 heterocycles. The molecule has 0 amide bonds. The molecule has 91 heavy (non-hydrogen) atoms. The van der Waals surface area contributed by atoms with Crippen molar-refractivity contribution in [1.82, 2.24) is 5.32 Å². The van der Waals surface area contributed by atoms with E-state index < -0.39 is 109 Å². The van der Waals surface area contributed by atoms with Crippen LogP contribution in [-0.2, 0) is 50.5 Å². The number of aliphatic imine (C=N–C) groups is 1. The number of nitrogens with one attached hydrogen (secondary N) is 1. The number of ether oxygens (including phenoxy) is 5. The van der Waals surface area contributed by atoms with Crippen LogP contribution in [-0.4, -0.2) is 147 Å². The predicted molar refractivity (Wildman–Crippen MR) is 332 cm³/mol. The first-order valence-corrected chi connectivity index (χ1v) is 31.7. The third-order valence-corrected chi connectivity index (χ3v) is 21.2. The zero-order chi connectivity index (χ0) is 64.2. The second-order valence-corrected chi connectivity index (χ2v) is 26.8. The van der Waals surface area contributed by atoms with Crippen molar-refractivity contribution in [2.45, 2.75) is 157 Å². The maximum absolute atomic E-state index is 16.3.